The molecular formula is C30H32N4O5. The molecule has 9 nitrogen and oxygen atoms in total. The molecule has 0 saturated heterocycles. The molecule has 0 spiro atoms. The number of aliphatic imine (C=N–C) groups is 1. The Morgan fingerprint density at radius 1 is 0.974 bits per heavy atom. The van der Waals surface area contributed by atoms with Gasteiger partial charge in [-0.3, -0.25) is 14.6 Å². The molecule has 4 rings (SSSR count). The van der Waals surface area contributed by atoms with Gasteiger partial charge in [-0.1, -0.05) is 36.4 Å². The quantitative estimate of drug-likeness (QED) is 0.329. The Hall–Kier alpha value is -4.50. The zero-order chi connectivity index (χ0) is 28.1. The molecule has 0 aliphatic carbocycles. The largest absolute Gasteiger partial charge is 0.494 e. The number of hydrogen-bond donors (Lipinski definition) is 1. The molecule has 3 aromatic carbocycles. The van der Waals surface area contributed by atoms with Crippen LogP contribution in [0.2, 0.25) is 0 Å². The zero-order valence-electron chi connectivity index (χ0n) is 22.7. The first-order valence-electron chi connectivity index (χ1n) is 12.6. The van der Waals surface area contributed by atoms with E-state index in [1.54, 1.807) is 60.2 Å². The number of anilines is 2. The highest BCUT2D eigenvalue weighted by Gasteiger charge is 2.36. The van der Waals surface area contributed by atoms with E-state index in [9.17, 15) is 14.4 Å². The number of fused-ring (bicyclic) bond motifs is 1. The normalized spacial score (nSPS) is 14.6. The Kier molecular flexibility index (Phi) is 8.41. The van der Waals surface area contributed by atoms with Crippen molar-refractivity contribution in [1.82, 2.24) is 4.90 Å². The lowest BCUT2D eigenvalue weighted by Gasteiger charge is -2.22. The van der Waals surface area contributed by atoms with E-state index in [0.717, 1.165) is 5.56 Å². The van der Waals surface area contributed by atoms with E-state index in [-0.39, 0.29) is 25.0 Å². The van der Waals surface area contributed by atoms with Gasteiger partial charge in [-0.25, -0.2) is 4.79 Å². The number of nitrogens with one attached hydrogen (secondary N) is 1. The van der Waals surface area contributed by atoms with Crippen molar-refractivity contribution in [2.75, 3.05) is 51.6 Å². The van der Waals surface area contributed by atoms with E-state index in [1.807, 2.05) is 44.4 Å². The highest BCUT2D eigenvalue weighted by atomic mass is 16.5. The number of rotatable bonds is 9. The lowest BCUT2D eigenvalue weighted by atomic mass is 9.90. The summed E-state index contributed by atoms with van der Waals surface area (Å²) in [4.78, 5) is 46.4. The molecule has 1 aliphatic heterocycles. The van der Waals surface area contributed by atoms with Crippen LogP contribution < -0.4 is 15.0 Å². The molecule has 1 unspecified atom stereocenters. The Bertz CT molecular complexity index is 1420. The van der Waals surface area contributed by atoms with Gasteiger partial charge in [0.2, 0.25) is 11.8 Å². The van der Waals surface area contributed by atoms with Crippen LogP contribution in [0.15, 0.2) is 71.7 Å². The van der Waals surface area contributed by atoms with E-state index >= 15 is 0 Å². The van der Waals surface area contributed by atoms with Gasteiger partial charge < -0.3 is 24.6 Å². The predicted molar refractivity (Wildman–Crippen MR) is 151 cm³/mol. The number of ether oxygens (including phenoxy) is 2. The number of amides is 2. The minimum atomic E-state index is -0.700. The summed E-state index contributed by atoms with van der Waals surface area (Å²) in [6, 6.07) is 19.8. The molecule has 9 heteroatoms. The van der Waals surface area contributed by atoms with Gasteiger partial charge in [0.1, 0.15) is 11.7 Å². The third-order valence-corrected chi connectivity index (χ3v) is 6.34. The zero-order valence-corrected chi connectivity index (χ0v) is 22.7. The summed E-state index contributed by atoms with van der Waals surface area (Å²) < 4.78 is 10.7. The van der Waals surface area contributed by atoms with Gasteiger partial charge in [-0.15, -0.1) is 0 Å². The summed E-state index contributed by atoms with van der Waals surface area (Å²) in [5, 5.41) is 2.90. The van der Waals surface area contributed by atoms with E-state index in [0.29, 0.717) is 39.7 Å². The first kappa shape index (κ1) is 27.5. The molecule has 3 aromatic rings. The van der Waals surface area contributed by atoms with Crippen molar-refractivity contribution < 1.29 is 23.9 Å². The molecule has 202 valence electrons. The number of likely N-dealkylation sites (N-methyl/N-ethyl adjacent to an activating group) is 2. The second-order valence-corrected chi connectivity index (χ2v) is 9.35. The highest BCUT2D eigenvalue weighted by Crippen LogP contribution is 2.38. The second-order valence-electron chi connectivity index (χ2n) is 9.35. The fourth-order valence-electron chi connectivity index (χ4n) is 4.44. The Morgan fingerprint density at radius 3 is 2.38 bits per heavy atom. The van der Waals surface area contributed by atoms with Gasteiger partial charge in [0.25, 0.3) is 0 Å². The van der Waals surface area contributed by atoms with Crippen molar-refractivity contribution in [3.63, 3.8) is 0 Å². The maximum atomic E-state index is 13.3. The molecule has 0 radical (unpaired) electrons. The molecule has 1 aliphatic rings. The van der Waals surface area contributed by atoms with Crippen molar-refractivity contribution in [2.24, 2.45) is 4.99 Å². The number of hydrogen-bond acceptors (Lipinski definition) is 7. The van der Waals surface area contributed by atoms with Crippen LogP contribution in [-0.4, -0.2) is 69.8 Å². The van der Waals surface area contributed by atoms with E-state index < -0.39 is 11.9 Å². The number of esters is 1. The highest BCUT2D eigenvalue weighted by molar-refractivity contribution is 6.24. The van der Waals surface area contributed by atoms with E-state index in [4.69, 9.17) is 14.5 Å². The van der Waals surface area contributed by atoms with Crippen LogP contribution >= 0.6 is 0 Å². The first-order valence-corrected chi connectivity index (χ1v) is 12.6. The number of benzene rings is 3. The third kappa shape index (κ3) is 5.99. The van der Waals surface area contributed by atoms with Crippen LogP contribution in [0.1, 0.15) is 34.3 Å². The van der Waals surface area contributed by atoms with Crippen LogP contribution in [0.3, 0.4) is 0 Å². The van der Waals surface area contributed by atoms with Crippen LogP contribution in [0.25, 0.3) is 0 Å². The molecule has 39 heavy (non-hydrogen) atoms. The summed E-state index contributed by atoms with van der Waals surface area (Å²) in [6.45, 7) is 2.26. The topological polar surface area (TPSA) is 101 Å². The van der Waals surface area contributed by atoms with Gasteiger partial charge in [-0.2, -0.15) is 0 Å². The van der Waals surface area contributed by atoms with Gasteiger partial charge >= 0.3 is 5.97 Å². The summed E-state index contributed by atoms with van der Waals surface area (Å²) in [7, 11) is 6.91. The fourth-order valence-corrected chi connectivity index (χ4v) is 4.44. The van der Waals surface area contributed by atoms with Crippen molar-refractivity contribution in [1.29, 1.82) is 0 Å². The molecule has 0 aromatic heterocycles. The summed E-state index contributed by atoms with van der Waals surface area (Å²) >= 11 is 0. The smallest absolute Gasteiger partial charge is 0.338 e. The van der Waals surface area contributed by atoms with Crippen molar-refractivity contribution >= 4 is 40.6 Å². The van der Waals surface area contributed by atoms with Gasteiger partial charge in [-0.05, 0) is 56.4 Å². The summed E-state index contributed by atoms with van der Waals surface area (Å²) in [5.41, 5.74) is 4.13. The van der Waals surface area contributed by atoms with E-state index in [2.05, 4.69) is 5.32 Å². The SMILES string of the molecule is CCOC(=O)c1ccc2c(c1)NC(=O)C2C(=Nc1ccc(N(C)C(=O)CN(C)C)c(OC)c1)c1ccccc1. The Morgan fingerprint density at radius 2 is 1.72 bits per heavy atom. The Balaban J connectivity index is 1.76. The van der Waals surface area contributed by atoms with Crippen LogP contribution in [-0.2, 0) is 14.3 Å². The minimum Gasteiger partial charge on any atom is -0.494 e. The minimum absolute atomic E-state index is 0.0825. The monoisotopic (exact) mass is 528 g/mol. The summed E-state index contributed by atoms with van der Waals surface area (Å²) in [5.74, 6) is -0.995. The number of nitrogens with zero attached hydrogens (tertiary/aromatic N) is 3. The van der Waals surface area contributed by atoms with Crippen LogP contribution in [0.4, 0.5) is 17.1 Å². The molecule has 1 N–H and O–H groups in total. The van der Waals surface area contributed by atoms with Crippen LogP contribution in [0.5, 0.6) is 5.75 Å². The standard InChI is InChI=1S/C30H32N4O5/c1-6-39-30(37)20-12-14-22-23(16-20)32-29(36)27(22)28(19-10-8-7-9-11-19)31-21-13-15-24(25(17-21)38-5)34(4)26(35)18-33(2)3/h7-17,27H,6,18H2,1-5H3,(H,32,36). The molecular weight excluding hydrogens is 496 g/mol. The maximum Gasteiger partial charge on any atom is 0.338 e. The number of carbonyl (C=O) groups is 3. The lowest BCUT2D eigenvalue weighted by molar-refractivity contribution is -0.119. The lowest BCUT2D eigenvalue weighted by Crippen LogP contribution is -2.35. The van der Waals surface area contributed by atoms with Gasteiger partial charge in [0.05, 0.1) is 42.9 Å². The molecule has 1 heterocycles. The van der Waals surface area contributed by atoms with Crippen LogP contribution in [0, 0.1) is 0 Å². The number of carbonyl (C=O) groups excluding carboxylic acids is 3. The first-order chi connectivity index (χ1) is 18.7. The van der Waals surface area contributed by atoms with Crippen molar-refractivity contribution in [2.45, 2.75) is 12.8 Å². The molecule has 0 bridgehead atoms. The average molecular weight is 529 g/mol. The second kappa shape index (κ2) is 11.9. The molecule has 0 saturated carbocycles. The van der Waals surface area contributed by atoms with Gasteiger partial charge in [0, 0.05) is 18.8 Å². The average Bonchev–Trinajstić information content (AvgIpc) is 3.26. The van der Waals surface area contributed by atoms with Crippen molar-refractivity contribution in [3.05, 3.63) is 83.4 Å². The van der Waals surface area contributed by atoms with Gasteiger partial charge in [0.15, 0.2) is 0 Å². The number of methoxy groups -OCH3 is 1. The van der Waals surface area contributed by atoms with Crippen molar-refractivity contribution in [3.8, 4) is 5.75 Å². The third-order valence-electron chi connectivity index (χ3n) is 6.34. The maximum absolute atomic E-state index is 13.3. The molecule has 0 fully saturated rings. The Labute approximate surface area is 228 Å². The fraction of sp³-hybridized carbons (Fsp3) is 0.267. The van der Waals surface area contributed by atoms with E-state index in [1.165, 1.54) is 7.11 Å². The molecule has 1 atom stereocenters. The molecule has 2 amide bonds. The predicted octanol–water partition coefficient (Wildman–Crippen LogP) is 4.25. The summed E-state index contributed by atoms with van der Waals surface area (Å²) in [6.07, 6.45) is 0.